The minimum Gasteiger partial charge on any atom is -0.387 e. The predicted molar refractivity (Wildman–Crippen MR) is 81.1 cm³/mol. The van der Waals surface area contributed by atoms with Gasteiger partial charge in [0.2, 0.25) is 0 Å². The summed E-state index contributed by atoms with van der Waals surface area (Å²) < 4.78 is 1.09. The molecule has 3 nitrogen and oxygen atoms in total. The fourth-order valence-corrected chi connectivity index (χ4v) is 4.05. The minimum atomic E-state index is 0.576. The van der Waals surface area contributed by atoms with E-state index in [-0.39, 0.29) is 0 Å². The molecule has 2 aromatic rings. The number of hydrogen-bond acceptors (Lipinski definition) is 5. The SMILES string of the molecule is CC1=C(Sc2nc(-c3ccccn3)cs2)[C@H](C)CN1. The Kier molecular flexibility index (Phi) is 3.57. The van der Waals surface area contributed by atoms with Crippen molar-refractivity contribution in [2.75, 3.05) is 6.54 Å². The van der Waals surface area contributed by atoms with Crippen LogP contribution in [0, 0.1) is 5.92 Å². The molecule has 0 unspecified atom stereocenters. The molecule has 2 aromatic heterocycles. The van der Waals surface area contributed by atoms with Gasteiger partial charge in [0.1, 0.15) is 5.69 Å². The van der Waals surface area contributed by atoms with Gasteiger partial charge in [-0.15, -0.1) is 11.3 Å². The topological polar surface area (TPSA) is 37.8 Å². The first kappa shape index (κ1) is 12.7. The van der Waals surface area contributed by atoms with Crippen molar-refractivity contribution in [1.29, 1.82) is 0 Å². The van der Waals surface area contributed by atoms with Gasteiger partial charge in [-0.1, -0.05) is 24.8 Å². The Labute approximate surface area is 121 Å². The standard InChI is InChI=1S/C14H15N3S2/c1-9-7-16-10(2)13(9)19-14-17-12(8-18-14)11-5-3-4-6-15-11/h3-6,8-9,16H,7H2,1-2H3/t9-/m1/s1. The molecule has 19 heavy (non-hydrogen) atoms. The predicted octanol–water partition coefficient (Wildman–Crippen LogP) is 3.77. The minimum absolute atomic E-state index is 0.576. The molecular formula is C14H15N3S2. The van der Waals surface area contributed by atoms with Crippen LogP contribution in [0.4, 0.5) is 0 Å². The highest BCUT2D eigenvalue weighted by atomic mass is 32.2. The van der Waals surface area contributed by atoms with Crippen molar-refractivity contribution in [1.82, 2.24) is 15.3 Å². The quantitative estimate of drug-likeness (QED) is 0.933. The maximum Gasteiger partial charge on any atom is 0.155 e. The molecule has 98 valence electrons. The van der Waals surface area contributed by atoms with Gasteiger partial charge in [0.05, 0.1) is 5.69 Å². The zero-order chi connectivity index (χ0) is 13.2. The summed E-state index contributed by atoms with van der Waals surface area (Å²) in [5.41, 5.74) is 3.19. The van der Waals surface area contributed by atoms with E-state index in [9.17, 15) is 0 Å². The molecule has 0 radical (unpaired) electrons. The summed E-state index contributed by atoms with van der Waals surface area (Å²) in [7, 11) is 0. The number of thioether (sulfide) groups is 1. The van der Waals surface area contributed by atoms with Gasteiger partial charge in [-0.25, -0.2) is 4.98 Å². The number of hydrogen-bond donors (Lipinski definition) is 1. The highest BCUT2D eigenvalue weighted by molar-refractivity contribution is 8.04. The monoisotopic (exact) mass is 289 g/mol. The second-order valence-electron chi connectivity index (χ2n) is 4.59. The van der Waals surface area contributed by atoms with Crippen molar-refractivity contribution in [3.8, 4) is 11.4 Å². The summed E-state index contributed by atoms with van der Waals surface area (Å²) in [5.74, 6) is 0.576. The van der Waals surface area contributed by atoms with Crippen molar-refractivity contribution >= 4 is 23.1 Å². The smallest absolute Gasteiger partial charge is 0.155 e. The van der Waals surface area contributed by atoms with Gasteiger partial charge in [-0.3, -0.25) is 4.98 Å². The van der Waals surface area contributed by atoms with Gasteiger partial charge in [0, 0.05) is 34.6 Å². The number of nitrogens with one attached hydrogen (secondary N) is 1. The Bertz CT molecular complexity index is 604. The fraction of sp³-hybridized carbons (Fsp3) is 0.286. The van der Waals surface area contributed by atoms with Gasteiger partial charge >= 0.3 is 0 Å². The third-order valence-corrected chi connectivity index (χ3v) is 5.47. The molecule has 0 fully saturated rings. The first-order chi connectivity index (χ1) is 9.24. The number of allylic oxidation sites excluding steroid dienone is 1. The lowest BCUT2D eigenvalue weighted by Gasteiger charge is -2.05. The molecule has 1 atom stereocenters. The van der Waals surface area contributed by atoms with Crippen molar-refractivity contribution in [2.24, 2.45) is 5.92 Å². The van der Waals surface area contributed by atoms with Crippen LogP contribution in [0.5, 0.6) is 0 Å². The van der Waals surface area contributed by atoms with E-state index in [0.717, 1.165) is 22.3 Å². The molecule has 0 amide bonds. The Morgan fingerprint density at radius 2 is 2.26 bits per heavy atom. The lowest BCUT2D eigenvalue weighted by atomic mass is 10.2. The van der Waals surface area contributed by atoms with Crippen LogP contribution in [-0.4, -0.2) is 16.5 Å². The number of rotatable bonds is 3. The second-order valence-corrected chi connectivity index (χ2v) is 6.73. The average Bonchev–Trinajstić information content (AvgIpc) is 3.02. The summed E-state index contributed by atoms with van der Waals surface area (Å²) in [6.07, 6.45) is 1.80. The Morgan fingerprint density at radius 1 is 1.37 bits per heavy atom. The van der Waals surface area contributed by atoms with E-state index in [0.29, 0.717) is 5.92 Å². The third kappa shape index (κ3) is 2.67. The van der Waals surface area contributed by atoms with E-state index in [1.165, 1.54) is 10.6 Å². The molecule has 0 saturated heterocycles. The van der Waals surface area contributed by atoms with Gasteiger partial charge in [-0.05, 0) is 19.1 Å². The van der Waals surface area contributed by atoms with Gasteiger partial charge in [0.25, 0.3) is 0 Å². The van der Waals surface area contributed by atoms with Crippen LogP contribution in [0.3, 0.4) is 0 Å². The number of nitrogens with zero attached hydrogens (tertiary/aromatic N) is 2. The van der Waals surface area contributed by atoms with Gasteiger partial charge in [-0.2, -0.15) is 0 Å². The van der Waals surface area contributed by atoms with Gasteiger partial charge in [0.15, 0.2) is 4.34 Å². The molecule has 0 bridgehead atoms. The highest BCUT2D eigenvalue weighted by Gasteiger charge is 2.21. The number of pyridine rings is 1. The third-order valence-electron chi connectivity index (χ3n) is 3.10. The molecular weight excluding hydrogens is 274 g/mol. The van der Waals surface area contributed by atoms with E-state index in [2.05, 4.69) is 34.5 Å². The van der Waals surface area contributed by atoms with E-state index in [1.54, 1.807) is 29.3 Å². The molecule has 5 heteroatoms. The van der Waals surface area contributed by atoms with E-state index in [1.807, 2.05) is 18.2 Å². The average molecular weight is 289 g/mol. The molecule has 0 aliphatic carbocycles. The number of aromatic nitrogens is 2. The maximum absolute atomic E-state index is 4.67. The fourth-order valence-electron chi connectivity index (χ4n) is 2.06. The van der Waals surface area contributed by atoms with E-state index < -0.39 is 0 Å². The summed E-state index contributed by atoms with van der Waals surface area (Å²) in [6, 6.07) is 5.91. The Morgan fingerprint density at radius 3 is 2.95 bits per heavy atom. The molecule has 0 aromatic carbocycles. The van der Waals surface area contributed by atoms with Crippen LogP contribution in [-0.2, 0) is 0 Å². The zero-order valence-corrected chi connectivity index (χ0v) is 12.5. The number of thiazole rings is 1. The van der Waals surface area contributed by atoms with Crippen LogP contribution < -0.4 is 5.32 Å². The van der Waals surface area contributed by atoms with E-state index >= 15 is 0 Å². The molecule has 3 rings (SSSR count). The Hall–Kier alpha value is -1.33. The van der Waals surface area contributed by atoms with Gasteiger partial charge < -0.3 is 5.32 Å². The lowest BCUT2D eigenvalue weighted by molar-refractivity contribution is 0.710. The molecule has 1 aliphatic heterocycles. The lowest BCUT2D eigenvalue weighted by Crippen LogP contribution is -2.08. The molecule has 0 saturated carbocycles. The van der Waals surface area contributed by atoms with Crippen LogP contribution in [0.1, 0.15) is 13.8 Å². The molecule has 0 spiro atoms. The molecule has 1 N–H and O–H groups in total. The van der Waals surface area contributed by atoms with Crippen LogP contribution >= 0.6 is 23.1 Å². The highest BCUT2D eigenvalue weighted by Crippen LogP contribution is 2.38. The Balaban J connectivity index is 1.81. The van der Waals surface area contributed by atoms with Crippen molar-refractivity contribution < 1.29 is 0 Å². The summed E-state index contributed by atoms with van der Waals surface area (Å²) in [4.78, 5) is 10.4. The summed E-state index contributed by atoms with van der Waals surface area (Å²) >= 11 is 3.46. The second kappa shape index (κ2) is 5.35. The first-order valence-corrected chi connectivity index (χ1v) is 7.93. The van der Waals surface area contributed by atoms with E-state index in [4.69, 9.17) is 0 Å². The van der Waals surface area contributed by atoms with Crippen LogP contribution in [0.25, 0.3) is 11.4 Å². The molecule has 3 heterocycles. The first-order valence-electron chi connectivity index (χ1n) is 6.23. The van der Waals surface area contributed by atoms with Crippen molar-refractivity contribution in [2.45, 2.75) is 18.2 Å². The summed E-state index contributed by atoms with van der Waals surface area (Å²) in [6.45, 7) is 5.42. The summed E-state index contributed by atoms with van der Waals surface area (Å²) in [5, 5.41) is 5.48. The normalized spacial score (nSPS) is 18.7. The zero-order valence-electron chi connectivity index (χ0n) is 10.9. The van der Waals surface area contributed by atoms with Crippen LogP contribution in [0.15, 0.2) is 44.7 Å². The largest absolute Gasteiger partial charge is 0.387 e. The van der Waals surface area contributed by atoms with Crippen LogP contribution in [0.2, 0.25) is 0 Å². The maximum atomic E-state index is 4.67. The molecule has 1 aliphatic rings. The van der Waals surface area contributed by atoms with Crippen molar-refractivity contribution in [3.63, 3.8) is 0 Å². The van der Waals surface area contributed by atoms with Crippen molar-refractivity contribution in [3.05, 3.63) is 40.4 Å².